The van der Waals surface area contributed by atoms with Gasteiger partial charge >= 0.3 is 0 Å². The topological polar surface area (TPSA) is 41.6 Å². The predicted octanol–water partition coefficient (Wildman–Crippen LogP) is 1.70. The van der Waals surface area contributed by atoms with Gasteiger partial charge < -0.3 is 5.73 Å². The first kappa shape index (κ1) is 8.99. The molecule has 14 heavy (non-hydrogen) atoms. The van der Waals surface area contributed by atoms with Crippen LogP contribution >= 0.6 is 0 Å². The number of anilines is 1. The molecule has 0 aromatic heterocycles. The minimum absolute atomic E-state index is 0.131. The fourth-order valence-electron chi connectivity index (χ4n) is 1.60. The third-order valence-electron chi connectivity index (χ3n) is 2.26. The fourth-order valence-corrected chi connectivity index (χ4v) is 1.60. The van der Waals surface area contributed by atoms with Crippen molar-refractivity contribution >= 4 is 11.5 Å². The van der Waals surface area contributed by atoms with Gasteiger partial charge in [0.1, 0.15) is 11.7 Å². The summed E-state index contributed by atoms with van der Waals surface area (Å²) < 4.78 is 13.4. The van der Waals surface area contributed by atoms with Crippen molar-refractivity contribution in [2.45, 2.75) is 19.4 Å². The maximum atomic E-state index is 13.4. The van der Waals surface area contributed by atoms with Crippen molar-refractivity contribution in [3.05, 3.63) is 30.1 Å². The average molecular weight is 193 g/mol. The third kappa shape index (κ3) is 1.43. The van der Waals surface area contributed by atoms with Gasteiger partial charge in [-0.05, 0) is 19.1 Å². The average Bonchev–Trinajstić information content (AvgIpc) is 2.46. The first-order valence-corrected chi connectivity index (χ1v) is 4.55. The highest BCUT2D eigenvalue weighted by atomic mass is 19.1. The summed E-state index contributed by atoms with van der Waals surface area (Å²) in [5.41, 5.74) is 6.08. The minimum atomic E-state index is -0.266. The van der Waals surface area contributed by atoms with Gasteiger partial charge in [-0.3, -0.25) is 5.01 Å². The minimum Gasteiger partial charge on any atom is -0.386 e. The number of benzene rings is 1. The number of hydrazone groups is 1. The molecule has 0 fully saturated rings. The van der Waals surface area contributed by atoms with Crippen LogP contribution in [-0.2, 0) is 0 Å². The molecule has 0 aliphatic carbocycles. The van der Waals surface area contributed by atoms with Crippen LogP contribution in [0.2, 0.25) is 0 Å². The van der Waals surface area contributed by atoms with Gasteiger partial charge in [0.25, 0.3) is 0 Å². The smallest absolute Gasteiger partial charge is 0.148 e. The van der Waals surface area contributed by atoms with E-state index in [9.17, 15) is 4.39 Å². The summed E-state index contributed by atoms with van der Waals surface area (Å²) in [5.74, 6) is 0.290. The SMILES string of the molecule is CC1CC(N)=NN1c1ccccc1F. The number of hydrogen-bond acceptors (Lipinski definition) is 3. The highest BCUT2D eigenvalue weighted by Gasteiger charge is 2.23. The molecule has 0 bridgehead atoms. The van der Waals surface area contributed by atoms with Crippen LogP contribution in [-0.4, -0.2) is 11.9 Å². The maximum absolute atomic E-state index is 13.4. The normalized spacial score (nSPS) is 21.1. The van der Waals surface area contributed by atoms with Gasteiger partial charge in [0.05, 0.1) is 11.7 Å². The fraction of sp³-hybridized carbons (Fsp3) is 0.300. The number of nitrogens with zero attached hydrogens (tertiary/aromatic N) is 2. The third-order valence-corrected chi connectivity index (χ3v) is 2.26. The van der Waals surface area contributed by atoms with E-state index in [1.807, 2.05) is 6.92 Å². The molecule has 0 radical (unpaired) electrons. The molecule has 0 spiro atoms. The van der Waals surface area contributed by atoms with E-state index >= 15 is 0 Å². The molecule has 1 aliphatic heterocycles. The Morgan fingerprint density at radius 3 is 2.79 bits per heavy atom. The number of hydrogen-bond donors (Lipinski definition) is 1. The Labute approximate surface area is 82.0 Å². The van der Waals surface area contributed by atoms with E-state index in [1.54, 1.807) is 23.2 Å². The maximum Gasteiger partial charge on any atom is 0.148 e. The second-order valence-electron chi connectivity index (χ2n) is 3.44. The molecule has 1 atom stereocenters. The van der Waals surface area contributed by atoms with Crippen LogP contribution < -0.4 is 10.7 Å². The Morgan fingerprint density at radius 1 is 1.50 bits per heavy atom. The van der Waals surface area contributed by atoms with Crippen LogP contribution in [0.25, 0.3) is 0 Å². The summed E-state index contributed by atoms with van der Waals surface area (Å²) in [6.45, 7) is 1.97. The lowest BCUT2D eigenvalue weighted by Crippen LogP contribution is -2.23. The summed E-state index contributed by atoms with van der Waals surface area (Å²) in [7, 11) is 0. The van der Waals surface area contributed by atoms with E-state index in [0.29, 0.717) is 17.9 Å². The van der Waals surface area contributed by atoms with E-state index in [1.165, 1.54) is 6.07 Å². The number of nitrogens with two attached hydrogens (primary N) is 1. The van der Waals surface area contributed by atoms with Gasteiger partial charge in [0, 0.05) is 6.42 Å². The Hall–Kier alpha value is -1.58. The molecule has 3 nitrogen and oxygen atoms in total. The molecule has 1 heterocycles. The van der Waals surface area contributed by atoms with E-state index < -0.39 is 0 Å². The van der Waals surface area contributed by atoms with Gasteiger partial charge in [0.15, 0.2) is 0 Å². The zero-order chi connectivity index (χ0) is 10.1. The van der Waals surface area contributed by atoms with Gasteiger partial charge in [0.2, 0.25) is 0 Å². The molecular formula is C10H12FN3. The number of rotatable bonds is 1. The summed E-state index contributed by atoms with van der Waals surface area (Å²) in [6, 6.07) is 6.70. The van der Waals surface area contributed by atoms with Gasteiger partial charge in [-0.1, -0.05) is 12.1 Å². The molecular weight excluding hydrogens is 181 g/mol. The van der Waals surface area contributed by atoms with Gasteiger partial charge in [-0.2, -0.15) is 5.10 Å². The molecule has 2 rings (SSSR count). The lowest BCUT2D eigenvalue weighted by atomic mass is 10.2. The van der Waals surface area contributed by atoms with Gasteiger partial charge in [-0.15, -0.1) is 0 Å². The molecule has 1 unspecified atom stereocenters. The number of halogens is 1. The van der Waals surface area contributed by atoms with E-state index in [2.05, 4.69) is 5.10 Å². The van der Waals surface area contributed by atoms with E-state index in [4.69, 9.17) is 5.73 Å². The van der Waals surface area contributed by atoms with Crippen LogP contribution in [0.5, 0.6) is 0 Å². The first-order chi connectivity index (χ1) is 6.68. The van der Waals surface area contributed by atoms with Crippen LogP contribution in [0.15, 0.2) is 29.4 Å². The predicted molar refractivity (Wildman–Crippen MR) is 54.6 cm³/mol. The van der Waals surface area contributed by atoms with Crippen LogP contribution in [0, 0.1) is 5.82 Å². The highest BCUT2D eigenvalue weighted by molar-refractivity contribution is 5.84. The monoisotopic (exact) mass is 193 g/mol. The molecule has 74 valence electrons. The summed E-state index contributed by atoms with van der Waals surface area (Å²) in [4.78, 5) is 0. The standard InChI is InChI=1S/C10H12FN3/c1-7-6-10(12)13-14(7)9-5-3-2-4-8(9)11/h2-5,7H,6H2,1H3,(H2,12,13). The van der Waals surface area contributed by atoms with E-state index in [-0.39, 0.29) is 11.9 Å². The van der Waals surface area contributed by atoms with Crippen LogP contribution in [0.1, 0.15) is 13.3 Å². The second kappa shape index (κ2) is 3.29. The lowest BCUT2D eigenvalue weighted by molar-refractivity contribution is 0.609. The molecule has 1 aromatic carbocycles. The second-order valence-corrected chi connectivity index (χ2v) is 3.44. The van der Waals surface area contributed by atoms with Crippen molar-refractivity contribution in [1.29, 1.82) is 0 Å². The Bertz CT molecular complexity index is 375. The Morgan fingerprint density at radius 2 is 2.21 bits per heavy atom. The zero-order valence-corrected chi connectivity index (χ0v) is 7.94. The molecule has 2 N–H and O–H groups in total. The molecule has 4 heteroatoms. The molecule has 0 saturated carbocycles. The quantitative estimate of drug-likeness (QED) is 0.737. The lowest BCUT2D eigenvalue weighted by Gasteiger charge is -2.19. The Balaban J connectivity index is 2.36. The highest BCUT2D eigenvalue weighted by Crippen LogP contribution is 2.25. The number of amidine groups is 1. The van der Waals surface area contributed by atoms with Crippen molar-refractivity contribution in [1.82, 2.24) is 0 Å². The first-order valence-electron chi connectivity index (χ1n) is 4.55. The van der Waals surface area contributed by atoms with Crippen molar-refractivity contribution < 1.29 is 4.39 Å². The summed E-state index contributed by atoms with van der Waals surface area (Å²) in [6.07, 6.45) is 0.689. The van der Waals surface area contributed by atoms with Gasteiger partial charge in [-0.25, -0.2) is 4.39 Å². The zero-order valence-electron chi connectivity index (χ0n) is 7.94. The molecule has 0 amide bonds. The molecule has 0 saturated heterocycles. The Kier molecular flexibility index (Phi) is 2.11. The molecule has 1 aliphatic rings. The summed E-state index contributed by atoms with van der Waals surface area (Å²) in [5, 5.41) is 5.72. The van der Waals surface area contributed by atoms with E-state index in [0.717, 1.165) is 0 Å². The van der Waals surface area contributed by atoms with Crippen molar-refractivity contribution in [3.63, 3.8) is 0 Å². The summed E-state index contributed by atoms with van der Waals surface area (Å²) >= 11 is 0. The van der Waals surface area contributed by atoms with Crippen LogP contribution in [0.3, 0.4) is 0 Å². The van der Waals surface area contributed by atoms with Crippen molar-refractivity contribution in [3.8, 4) is 0 Å². The van der Waals surface area contributed by atoms with Crippen molar-refractivity contribution in [2.75, 3.05) is 5.01 Å². The largest absolute Gasteiger partial charge is 0.386 e. The molecule has 1 aromatic rings. The van der Waals surface area contributed by atoms with Crippen molar-refractivity contribution in [2.24, 2.45) is 10.8 Å². The number of para-hydroxylation sites is 1. The van der Waals surface area contributed by atoms with Crippen LogP contribution in [0.4, 0.5) is 10.1 Å².